The van der Waals surface area contributed by atoms with E-state index in [9.17, 15) is 4.79 Å². The molecule has 2 unspecified atom stereocenters. The topological polar surface area (TPSA) is 41.1 Å². The predicted octanol–water partition coefficient (Wildman–Crippen LogP) is 1.68. The van der Waals surface area contributed by atoms with Crippen molar-refractivity contribution in [3.63, 3.8) is 0 Å². The van der Waals surface area contributed by atoms with Crippen molar-refractivity contribution in [3.05, 3.63) is 22.4 Å². The fourth-order valence-corrected chi connectivity index (χ4v) is 3.20. The summed E-state index contributed by atoms with van der Waals surface area (Å²) in [4.78, 5) is 12.6. The Labute approximate surface area is 99.2 Å². The molecule has 4 heteroatoms. The van der Waals surface area contributed by atoms with Crippen LogP contribution in [0.5, 0.6) is 0 Å². The average Bonchev–Trinajstić information content (AvgIpc) is 2.80. The summed E-state index contributed by atoms with van der Waals surface area (Å²) >= 11 is 1.82. The molecule has 2 atom stereocenters. The molecule has 0 bridgehead atoms. The molecular formula is C12H16N2OS. The van der Waals surface area contributed by atoms with Gasteiger partial charge in [0.05, 0.1) is 0 Å². The average molecular weight is 236 g/mol. The minimum atomic E-state index is 0.179. The second-order valence-electron chi connectivity index (χ2n) is 4.70. The molecule has 2 heterocycles. The third-order valence-electron chi connectivity index (χ3n) is 3.34. The quantitative estimate of drug-likeness (QED) is 0.835. The van der Waals surface area contributed by atoms with Crippen molar-refractivity contribution in [2.75, 3.05) is 6.54 Å². The molecule has 16 heavy (non-hydrogen) atoms. The summed E-state index contributed by atoms with van der Waals surface area (Å²) < 4.78 is 0. The zero-order chi connectivity index (χ0) is 11.0. The maximum absolute atomic E-state index is 11.2. The molecule has 0 aromatic carbocycles. The Balaban J connectivity index is 1.67. The Hall–Kier alpha value is -0.870. The SMILES string of the molecule is O=C1CC(NC(c2cccs2)C2CC2)CN1. The largest absolute Gasteiger partial charge is 0.354 e. The van der Waals surface area contributed by atoms with Crippen LogP contribution in [0.1, 0.15) is 30.2 Å². The maximum atomic E-state index is 11.2. The van der Waals surface area contributed by atoms with Crippen LogP contribution in [0, 0.1) is 5.92 Å². The second-order valence-corrected chi connectivity index (χ2v) is 5.68. The number of amides is 1. The molecule has 1 aromatic heterocycles. The minimum absolute atomic E-state index is 0.179. The highest BCUT2D eigenvalue weighted by atomic mass is 32.1. The van der Waals surface area contributed by atoms with E-state index >= 15 is 0 Å². The molecule has 1 aromatic rings. The molecule has 2 N–H and O–H groups in total. The summed E-state index contributed by atoms with van der Waals surface area (Å²) in [5.74, 6) is 0.965. The van der Waals surface area contributed by atoms with Crippen LogP contribution in [-0.4, -0.2) is 18.5 Å². The van der Waals surface area contributed by atoms with Gasteiger partial charge in [-0.1, -0.05) is 6.07 Å². The molecule has 86 valence electrons. The van der Waals surface area contributed by atoms with Gasteiger partial charge >= 0.3 is 0 Å². The maximum Gasteiger partial charge on any atom is 0.221 e. The fraction of sp³-hybridized carbons (Fsp3) is 0.583. The molecule has 3 rings (SSSR count). The van der Waals surface area contributed by atoms with Gasteiger partial charge in [-0.2, -0.15) is 0 Å². The van der Waals surface area contributed by atoms with Crippen LogP contribution in [0.25, 0.3) is 0 Å². The molecule has 1 amide bonds. The number of hydrogen-bond acceptors (Lipinski definition) is 3. The first-order valence-corrected chi connectivity index (χ1v) is 6.77. The normalized spacial score (nSPS) is 26.8. The molecule has 1 aliphatic heterocycles. The van der Waals surface area contributed by atoms with Gasteiger partial charge in [0.2, 0.25) is 5.91 Å². The van der Waals surface area contributed by atoms with Gasteiger partial charge in [-0.05, 0) is 30.2 Å². The molecule has 3 nitrogen and oxygen atoms in total. The fourth-order valence-electron chi connectivity index (χ4n) is 2.33. The van der Waals surface area contributed by atoms with Crippen LogP contribution in [0.2, 0.25) is 0 Å². The first-order valence-electron chi connectivity index (χ1n) is 5.89. The van der Waals surface area contributed by atoms with Gasteiger partial charge in [0.15, 0.2) is 0 Å². The summed E-state index contributed by atoms with van der Waals surface area (Å²) in [6.45, 7) is 0.785. The van der Waals surface area contributed by atoms with Crippen LogP contribution in [0.15, 0.2) is 17.5 Å². The Morgan fingerprint density at radius 1 is 1.50 bits per heavy atom. The van der Waals surface area contributed by atoms with E-state index < -0.39 is 0 Å². The van der Waals surface area contributed by atoms with E-state index in [2.05, 4.69) is 28.1 Å². The van der Waals surface area contributed by atoms with Gasteiger partial charge in [0.25, 0.3) is 0 Å². The smallest absolute Gasteiger partial charge is 0.221 e. The first-order chi connectivity index (χ1) is 7.83. The van der Waals surface area contributed by atoms with E-state index in [0.29, 0.717) is 18.5 Å². The highest BCUT2D eigenvalue weighted by Crippen LogP contribution is 2.42. The van der Waals surface area contributed by atoms with E-state index in [1.807, 2.05) is 11.3 Å². The van der Waals surface area contributed by atoms with E-state index in [-0.39, 0.29) is 5.91 Å². The van der Waals surface area contributed by atoms with Crippen LogP contribution in [-0.2, 0) is 4.79 Å². The zero-order valence-electron chi connectivity index (χ0n) is 9.11. The molecule has 0 radical (unpaired) electrons. The lowest BCUT2D eigenvalue weighted by atomic mass is 10.1. The molecule has 1 aliphatic carbocycles. The predicted molar refractivity (Wildman–Crippen MR) is 64.3 cm³/mol. The Bertz CT molecular complexity index is 372. The van der Waals surface area contributed by atoms with Crippen LogP contribution >= 0.6 is 11.3 Å². The van der Waals surface area contributed by atoms with Crippen molar-refractivity contribution < 1.29 is 4.79 Å². The number of carbonyl (C=O) groups is 1. The molecule has 2 fully saturated rings. The van der Waals surface area contributed by atoms with E-state index in [4.69, 9.17) is 0 Å². The lowest BCUT2D eigenvalue weighted by Gasteiger charge is -2.20. The first kappa shape index (κ1) is 10.3. The highest BCUT2D eigenvalue weighted by Gasteiger charge is 2.35. The number of hydrogen-bond donors (Lipinski definition) is 2. The lowest BCUT2D eigenvalue weighted by Crippen LogP contribution is -2.35. The van der Waals surface area contributed by atoms with Crippen molar-refractivity contribution in [3.8, 4) is 0 Å². The number of thiophene rings is 1. The summed E-state index contributed by atoms with van der Waals surface area (Å²) in [6, 6.07) is 5.10. The zero-order valence-corrected chi connectivity index (χ0v) is 9.93. The number of rotatable bonds is 4. The lowest BCUT2D eigenvalue weighted by molar-refractivity contribution is -0.119. The Morgan fingerprint density at radius 2 is 2.38 bits per heavy atom. The van der Waals surface area contributed by atoms with E-state index in [0.717, 1.165) is 12.5 Å². The van der Waals surface area contributed by atoms with Gasteiger partial charge < -0.3 is 10.6 Å². The molecule has 1 saturated carbocycles. The number of nitrogens with one attached hydrogen (secondary N) is 2. The van der Waals surface area contributed by atoms with Crippen LogP contribution < -0.4 is 10.6 Å². The standard InChI is InChI=1S/C12H16N2OS/c15-11-6-9(7-13-11)14-12(8-3-4-8)10-2-1-5-16-10/h1-2,5,8-9,12,14H,3-4,6-7H2,(H,13,15). The van der Waals surface area contributed by atoms with Crippen molar-refractivity contribution in [1.82, 2.24) is 10.6 Å². The molecular weight excluding hydrogens is 220 g/mol. The number of carbonyl (C=O) groups excluding carboxylic acids is 1. The summed E-state index contributed by atoms with van der Waals surface area (Å²) in [5.41, 5.74) is 0. The summed E-state index contributed by atoms with van der Waals surface area (Å²) in [7, 11) is 0. The third-order valence-corrected chi connectivity index (χ3v) is 4.29. The van der Waals surface area contributed by atoms with Gasteiger partial charge in [0, 0.05) is 29.9 Å². The molecule has 1 saturated heterocycles. The van der Waals surface area contributed by atoms with E-state index in [1.165, 1.54) is 17.7 Å². The van der Waals surface area contributed by atoms with Crippen molar-refractivity contribution in [1.29, 1.82) is 0 Å². The molecule has 2 aliphatic rings. The van der Waals surface area contributed by atoms with Crippen molar-refractivity contribution >= 4 is 17.2 Å². The van der Waals surface area contributed by atoms with Gasteiger partial charge in [0.1, 0.15) is 0 Å². The van der Waals surface area contributed by atoms with Crippen molar-refractivity contribution in [2.24, 2.45) is 5.92 Å². The summed E-state index contributed by atoms with van der Waals surface area (Å²) in [6.07, 6.45) is 3.28. The second kappa shape index (κ2) is 4.18. The Morgan fingerprint density at radius 3 is 2.94 bits per heavy atom. The van der Waals surface area contributed by atoms with Gasteiger partial charge in [-0.3, -0.25) is 4.79 Å². The van der Waals surface area contributed by atoms with Gasteiger partial charge in [-0.15, -0.1) is 11.3 Å². The minimum Gasteiger partial charge on any atom is -0.354 e. The summed E-state index contributed by atoms with van der Waals surface area (Å²) in [5, 5.41) is 8.65. The molecule has 0 spiro atoms. The van der Waals surface area contributed by atoms with Crippen LogP contribution in [0.3, 0.4) is 0 Å². The monoisotopic (exact) mass is 236 g/mol. The third kappa shape index (κ3) is 2.13. The Kier molecular flexibility index (Phi) is 2.69. The highest BCUT2D eigenvalue weighted by molar-refractivity contribution is 7.10. The van der Waals surface area contributed by atoms with Crippen molar-refractivity contribution in [2.45, 2.75) is 31.3 Å². The van der Waals surface area contributed by atoms with E-state index in [1.54, 1.807) is 0 Å². The van der Waals surface area contributed by atoms with Gasteiger partial charge in [-0.25, -0.2) is 0 Å². The van der Waals surface area contributed by atoms with Crippen LogP contribution in [0.4, 0.5) is 0 Å².